The second-order valence-electron chi connectivity index (χ2n) is 7.01. The van der Waals surface area contributed by atoms with Gasteiger partial charge in [0.05, 0.1) is 32.7 Å². The van der Waals surface area contributed by atoms with Crippen molar-refractivity contribution < 1.29 is 23.7 Å². The molecule has 0 saturated heterocycles. The summed E-state index contributed by atoms with van der Waals surface area (Å²) in [5, 5.41) is 8.39. The van der Waals surface area contributed by atoms with Crippen molar-refractivity contribution in [1.29, 1.82) is 0 Å². The zero-order chi connectivity index (χ0) is 20.7. The first-order valence-corrected chi connectivity index (χ1v) is 9.79. The molecule has 1 N–H and O–H groups in total. The highest BCUT2D eigenvalue weighted by molar-refractivity contribution is 5.76. The number of fused-ring (bicyclic) bond motifs is 2. The summed E-state index contributed by atoms with van der Waals surface area (Å²) in [4.78, 5) is 0. The molecular formula is C22H23N3O5. The number of nitrogens with zero attached hydrogens (tertiary/aromatic N) is 2. The van der Waals surface area contributed by atoms with Gasteiger partial charge in [0.1, 0.15) is 19.0 Å². The molecule has 30 heavy (non-hydrogen) atoms. The molecule has 0 spiro atoms. The Balaban J connectivity index is 1.64. The van der Waals surface area contributed by atoms with Gasteiger partial charge in [-0.25, -0.2) is 4.68 Å². The Hall–Kier alpha value is -3.55. The summed E-state index contributed by atoms with van der Waals surface area (Å²) < 4.78 is 29.8. The number of aromatic nitrogens is 2. The Kier molecular flexibility index (Phi) is 4.54. The van der Waals surface area contributed by atoms with Crippen LogP contribution in [0.4, 0.5) is 5.82 Å². The van der Waals surface area contributed by atoms with E-state index < -0.39 is 0 Å². The van der Waals surface area contributed by atoms with Crippen LogP contribution in [0.2, 0.25) is 0 Å². The SMILES string of the molecule is COc1cc(-c2nn(-c3ccc4c(c3)OCCO4)c3c2CCN3)cc(OC)c1OC. The van der Waals surface area contributed by atoms with Crippen molar-refractivity contribution in [1.82, 2.24) is 9.78 Å². The molecule has 1 aromatic heterocycles. The van der Waals surface area contributed by atoms with E-state index in [0.29, 0.717) is 30.5 Å². The number of anilines is 1. The number of benzene rings is 2. The molecule has 0 radical (unpaired) electrons. The van der Waals surface area contributed by atoms with E-state index in [4.69, 9.17) is 28.8 Å². The third-order valence-electron chi connectivity index (χ3n) is 5.36. The molecule has 156 valence electrons. The molecule has 0 unspecified atom stereocenters. The molecule has 0 saturated carbocycles. The second-order valence-corrected chi connectivity index (χ2v) is 7.01. The third-order valence-corrected chi connectivity index (χ3v) is 5.36. The lowest BCUT2D eigenvalue weighted by Crippen LogP contribution is -2.15. The fourth-order valence-electron chi connectivity index (χ4n) is 3.98. The van der Waals surface area contributed by atoms with Crippen LogP contribution in [0.5, 0.6) is 28.7 Å². The summed E-state index contributed by atoms with van der Waals surface area (Å²) >= 11 is 0. The van der Waals surface area contributed by atoms with Crippen molar-refractivity contribution in [2.75, 3.05) is 46.4 Å². The van der Waals surface area contributed by atoms with Crippen LogP contribution in [0, 0.1) is 0 Å². The predicted octanol–water partition coefficient (Wildman–Crippen LogP) is 3.30. The Morgan fingerprint density at radius 1 is 0.933 bits per heavy atom. The lowest BCUT2D eigenvalue weighted by Gasteiger charge is -2.19. The van der Waals surface area contributed by atoms with Gasteiger partial charge < -0.3 is 29.0 Å². The van der Waals surface area contributed by atoms with Gasteiger partial charge in [-0.1, -0.05) is 0 Å². The smallest absolute Gasteiger partial charge is 0.203 e. The lowest BCUT2D eigenvalue weighted by molar-refractivity contribution is 0.171. The van der Waals surface area contributed by atoms with Crippen molar-refractivity contribution in [2.24, 2.45) is 0 Å². The van der Waals surface area contributed by atoms with Crippen molar-refractivity contribution in [3.63, 3.8) is 0 Å². The summed E-state index contributed by atoms with van der Waals surface area (Å²) in [5.41, 5.74) is 3.84. The molecule has 3 aromatic rings. The number of rotatable bonds is 5. The van der Waals surface area contributed by atoms with Gasteiger partial charge >= 0.3 is 0 Å². The summed E-state index contributed by atoms with van der Waals surface area (Å²) in [5.74, 6) is 4.23. The lowest BCUT2D eigenvalue weighted by atomic mass is 10.1. The van der Waals surface area contributed by atoms with E-state index >= 15 is 0 Å². The van der Waals surface area contributed by atoms with E-state index in [9.17, 15) is 0 Å². The summed E-state index contributed by atoms with van der Waals surface area (Å²) in [6, 6.07) is 9.72. The van der Waals surface area contributed by atoms with Gasteiger partial charge in [-0.3, -0.25) is 0 Å². The minimum absolute atomic E-state index is 0.544. The normalized spacial score (nSPS) is 14.1. The van der Waals surface area contributed by atoms with Gasteiger partial charge in [0.2, 0.25) is 5.75 Å². The third kappa shape index (κ3) is 2.87. The molecule has 3 heterocycles. The van der Waals surface area contributed by atoms with E-state index in [1.807, 2.05) is 35.0 Å². The summed E-state index contributed by atoms with van der Waals surface area (Å²) in [6.07, 6.45) is 0.881. The molecule has 5 rings (SSSR count). The Morgan fingerprint density at radius 3 is 2.37 bits per heavy atom. The highest BCUT2D eigenvalue weighted by atomic mass is 16.6. The monoisotopic (exact) mass is 409 g/mol. The standard InChI is InChI=1S/C22H23N3O5/c1-26-18-10-13(11-19(27-2)21(18)28-3)20-15-6-7-23-22(15)25(24-20)14-4-5-16-17(12-14)30-9-8-29-16/h4-5,10-12,23H,6-9H2,1-3H3. The quantitative estimate of drug-likeness (QED) is 0.693. The first kappa shape index (κ1) is 18.5. The van der Waals surface area contributed by atoms with E-state index in [1.165, 1.54) is 0 Å². The Labute approximate surface area is 174 Å². The predicted molar refractivity (Wildman–Crippen MR) is 112 cm³/mol. The molecule has 2 aliphatic rings. The van der Waals surface area contributed by atoms with Crippen LogP contribution in [-0.2, 0) is 6.42 Å². The van der Waals surface area contributed by atoms with Crippen LogP contribution in [0.15, 0.2) is 30.3 Å². The van der Waals surface area contributed by atoms with Crippen molar-refractivity contribution in [3.8, 4) is 45.7 Å². The van der Waals surface area contributed by atoms with Gasteiger partial charge in [-0.15, -0.1) is 0 Å². The van der Waals surface area contributed by atoms with Crippen LogP contribution < -0.4 is 29.0 Å². The Morgan fingerprint density at radius 2 is 1.67 bits per heavy atom. The van der Waals surface area contributed by atoms with Crippen LogP contribution in [-0.4, -0.2) is 50.9 Å². The van der Waals surface area contributed by atoms with Gasteiger partial charge in [0, 0.05) is 23.7 Å². The fraction of sp³-hybridized carbons (Fsp3) is 0.318. The van der Waals surface area contributed by atoms with Gasteiger partial charge in [0.15, 0.2) is 23.0 Å². The van der Waals surface area contributed by atoms with Gasteiger partial charge in [-0.2, -0.15) is 5.10 Å². The highest BCUT2D eigenvalue weighted by Crippen LogP contribution is 2.44. The molecular weight excluding hydrogens is 386 g/mol. The largest absolute Gasteiger partial charge is 0.493 e. The van der Waals surface area contributed by atoms with Crippen LogP contribution in [0.25, 0.3) is 16.9 Å². The molecule has 0 bridgehead atoms. The number of nitrogens with one attached hydrogen (secondary N) is 1. The number of ether oxygens (including phenoxy) is 5. The average Bonchev–Trinajstić information content (AvgIpc) is 3.40. The van der Waals surface area contributed by atoms with E-state index in [1.54, 1.807) is 21.3 Å². The maximum Gasteiger partial charge on any atom is 0.203 e. The molecule has 0 fully saturated rings. The maximum atomic E-state index is 5.75. The minimum atomic E-state index is 0.544. The highest BCUT2D eigenvalue weighted by Gasteiger charge is 2.26. The van der Waals surface area contributed by atoms with Crippen LogP contribution in [0.3, 0.4) is 0 Å². The minimum Gasteiger partial charge on any atom is -0.493 e. The Bertz CT molecular complexity index is 1080. The zero-order valence-electron chi connectivity index (χ0n) is 17.2. The zero-order valence-corrected chi connectivity index (χ0v) is 17.2. The topological polar surface area (TPSA) is 76.0 Å². The van der Waals surface area contributed by atoms with Crippen molar-refractivity contribution >= 4 is 5.82 Å². The molecule has 2 aliphatic heterocycles. The maximum absolute atomic E-state index is 5.75. The molecule has 0 atom stereocenters. The van der Waals surface area contributed by atoms with E-state index in [0.717, 1.165) is 52.8 Å². The summed E-state index contributed by atoms with van der Waals surface area (Å²) in [7, 11) is 4.82. The number of methoxy groups -OCH3 is 3. The first-order valence-electron chi connectivity index (χ1n) is 9.79. The molecule has 2 aromatic carbocycles. The second kappa shape index (κ2) is 7.37. The van der Waals surface area contributed by atoms with Crippen molar-refractivity contribution in [2.45, 2.75) is 6.42 Å². The molecule has 0 amide bonds. The van der Waals surface area contributed by atoms with Gasteiger partial charge in [-0.05, 0) is 30.7 Å². The average molecular weight is 409 g/mol. The first-order chi connectivity index (χ1) is 14.7. The van der Waals surface area contributed by atoms with Gasteiger partial charge in [0.25, 0.3) is 0 Å². The van der Waals surface area contributed by atoms with E-state index in [-0.39, 0.29) is 0 Å². The molecule has 8 heteroatoms. The van der Waals surface area contributed by atoms with Crippen LogP contribution in [0.1, 0.15) is 5.56 Å². The molecule has 8 nitrogen and oxygen atoms in total. The van der Waals surface area contributed by atoms with Crippen LogP contribution >= 0.6 is 0 Å². The fourth-order valence-corrected chi connectivity index (χ4v) is 3.98. The van der Waals surface area contributed by atoms with Crippen molar-refractivity contribution in [3.05, 3.63) is 35.9 Å². The van der Waals surface area contributed by atoms with E-state index in [2.05, 4.69) is 5.32 Å². The molecule has 0 aliphatic carbocycles. The number of hydrogen-bond donors (Lipinski definition) is 1. The summed E-state index contributed by atoms with van der Waals surface area (Å²) in [6.45, 7) is 1.97. The number of hydrogen-bond acceptors (Lipinski definition) is 7.